The van der Waals surface area contributed by atoms with E-state index < -0.39 is 11.4 Å². The van der Waals surface area contributed by atoms with Crippen molar-refractivity contribution < 1.29 is 9.18 Å². The molecule has 0 spiro atoms. The number of nitrogens with zero attached hydrogens (tertiary/aromatic N) is 1. The number of halogens is 1. The molecule has 1 aliphatic heterocycles. The highest BCUT2D eigenvalue weighted by molar-refractivity contribution is 5.88. The number of rotatable bonds is 4. The van der Waals surface area contributed by atoms with Gasteiger partial charge in [0.05, 0.1) is 5.69 Å². The van der Waals surface area contributed by atoms with Crippen LogP contribution in [0.4, 0.5) is 10.1 Å². The molecule has 3 N–H and O–H groups in total. The molecular formula is C15H22FN3O. The van der Waals surface area contributed by atoms with Crippen LogP contribution in [-0.2, 0) is 4.79 Å². The summed E-state index contributed by atoms with van der Waals surface area (Å²) >= 11 is 0. The molecule has 5 heteroatoms. The van der Waals surface area contributed by atoms with Gasteiger partial charge < -0.3 is 16.0 Å². The highest BCUT2D eigenvalue weighted by Gasteiger charge is 2.40. The maximum atomic E-state index is 13.8. The minimum absolute atomic E-state index is 0.337. The number of anilines is 1. The number of primary amides is 1. The Labute approximate surface area is 119 Å². The number of nitrogens with two attached hydrogens (primary N) is 1. The second-order valence-corrected chi connectivity index (χ2v) is 5.68. The molecule has 4 nitrogen and oxygen atoms in total. The van der Waals surface area contributed by atoms with Crippen molar-refractivity contribution in [3.63, 3.8) is 0 Å². The summed E-state index contributed by atoms with van der Waals surface area (Å²) in [6, 6.07) is 6.81. The molecular weight excluding hydrogens is 257 g/mol. The number of hydrogen-bond donors (Lipinski definition) is 2. The minimum atomic E-state index is -0.854. The van der Waals surface area contributed by atoms with Crippen LogP contribution >= 0.6 is 0 Å². The van der Waals surface area contributed by atoms with Crippen molar-refractivity contribution in [1.82, 2.24) is 4.90 Å². The summed E-state index contributed by atoms with van der Waals surface area (Å²) < 4.78 is 13.8. The lowest BCUT2D eigenvalue weighted by Gasteiger charge is -2.42. The van der Waals surface area contributed by atoms with Gasteiger partial charge in [0.25, 0.3) is 0 Å². The zero-order valence-corrected chi connectivity index (χ0v) is 12.0. The summed E-state index contributed by atoms with van der Waals surface area (Å²) in [5.41, 5.74) is 5.06. The summed E-state index contributed by atoms with van der Waals surface area (Å²) in [4.78, 5) is 14.2. The monoisotopic (exact) mass is 279 g/mol. The van der Waals surface area contributed by atoms with Crippen LogP contribution in [0.25, 0.3) is 0 Å². The van der Waals surface area contributed by atoms with Gasteiger partial charge in [0, 0.05) is 19.1 Å². The van der Waals surface area contributed by atoms with E-state index in [-0.39, 0.29) is 5.82 Å². The lowest BCUT2D eigenvalue weighted by Crippen LogP contribution is -2.58. The van der Waals surface area contributed by atoms with Gasteiger partial charge in [-0.2, -0.15) is 0 Å². The average Bonchev–Trinajstić information content (AvgIpc) is 2.42. The van der Waals surface area contributed by atoms with Gasteiger partial charge in [-0.3, -0.25) is 4.79 Å². The standard InChI is InChI=1S/C15H22FN3O/c1-11(2)19-9-7-15(8-10-19,14(17)20)18-13-6-4-3-5-12(13)16/h3-6,11,18H,7-10H2,1-2H3,(H2,17,20). The van der Waals surface area contributed by atoms with Crippen LogP contribution in [0, 0.1) is 5.82 Å². The number of likely N-dealkylation sites (tertiary alicyclic amines) is 1. The van der Waals surface area contributed by atoms with Gasteiger partial charge in [0.1, 0.15) is 11.4 Å². The summed E-state index contributed by atoms with van der Waals surface area (Å²) in [6.07, 6.45) is 1.18. The number of amides is 1. The summed E-state index contributed by atoms with van der Waals surface area (Å²) in [5, 5.41) is 3.05. The Hall–Kier alpha value is -1.62. The summed E-state index contributed by atoms with van der Waals surface area (Å²) in [5.74, 6) is -0.774. The third-order valence-corrected chi connectivity index (χ3v) is 4.10. The van der Waals surface area contributed by atoms with Crippen molar-refractivity contribution in [2.24, 2.45) is 5.73 Å². The Kier molecular flexibility index (Phi) is 4.28. The van der Waals surface area contributed by atoms with Gasteiger partial charge >= 0.3 is 0 Å². The van der Waals surface area contributed by atoms with Gasteiger partial charge in [0.2, 0.25) is 5.91 Å². The molecule has 1 saturated heterocycles. The first-order valence-electron chi connectivity index (χ1n) is 7.01. The molecule has 0 unspecified atom stereocenters. The fourth-order valence-corrected chi connectivity index (χ4v) is 2.68. The average molecular weight is 279 g/mol. The Morgan fingerprint density at radius 1 is 1.35 bits per heavy atom. The number of carbonyl (C=O) groups excluding carboxylic acids is 1. The Balaban J connectivity index is 2.16. The van der Waals surface area contributed by atoms with Crippen molar-refractivity contribution in [3.05, 3.63) is 30.1 Å². The molecule has 0 bridgehead atoms. The molecule has 0 saturated carbocycles. The SMILES string of the molecule is CC(C)N1CCC(Nc2ccccc2F)(C(N)=O)CC1. The largest absolute Gasteiger partial charge is 0.369 e. The molecule has 2 rings (SSSR count). The van der Waals surface area contributed by atoms with Gasteiger partial charge in [-0.25, -0.2) is 4.39 Å². The molecule has 1 amide bonds. The van der Waals surface area contributed by atoms with Crippen molar-refractivity contribution in [3.8, 4) is 0 Å². The van der Waals surface area contributed by atoms with Crippen LogP contribution in [-0.4, -0.2) is 35.5 Å². The highest BCUT2D eigenvalue weighted by Crippen LogP contribution is 2.28. The molecule has 1 aromatic carbocycles. The normalized spacial score (nSPS) is 19.0. The van der Waals surface area contributed by atoms with Crippen LogP contribution in [0.5, 0.6) is 0 Å². The van der Waals surface area contributed by atoms with E-state index in [0.29, 0.717) is 24.6 Å². The number of para-hydroxylation sites is 1. The quantitative estimate of drug-likeness (QED) is 0.886. The number of carbonyl (C=O) groups is 1. The first-order valence-corrected chi connectivity index (χ1v) is 7.01. The molecule has 0 aliphatic carbocycles. The maximum Gasteiger partial charge on any atom is 0.243 e. The molecule has 1 aromatic rings. The van der Waals surface area contributed by atoms with E-state index in [2.05, 4.69) is 24.1 Å². The van der Waals surface area contributed by atoms with Crippen molar-refractivity contribution >= 4 is 11.6 Å². The first kappa shape index (κ1) is 14.8. The van der Waals surface area contributed by atoms with Crippen molar-refractivity contribution in [1.29, 1.82) is 0 Å². The Morgan fingerprint density at radius 2 is 1.95 bits per heavy atom. The molecule has 20 heavy (non-hydrogen) atoms. The fourth-order valence-electron chi connectivity index (χ4n) is 2.68. The van der Waals surface area contributed by atoms with Gasteiger partial charge in [-0.05, 0) is 38.8 Å². The molecule has 1 aliphatic rings. The lowest BCUT2D eigenvalue weighted by molar-refractivity contribution is -0.124. The minimum Gasteiger partial charge on any atom is -0.369 e. The van der Waals surface area contributed by atoms with Gasteiger partial charge in [0.15, 0.2) is 0 Å². The number of benzene rings is 1. The van der Waals surface area contributed by atoms with Crippen molar-refractivity contribution in [2.75, 3.05) is 18.4 Å². The molecule has 0 aromatic heterocycles. The number of piperidine rings is 1. The summed E-state index contributed by atoms with van der Waals surface area (Å²) in [6.45, 7) is 5.81. The molecule has 0 atom stereocenters. The Morgan fingerprint density at radius 3 is 2.45 bits per heavy atom. The molecule has 1 heterocycles. The molecule has 1 fully saturated rings. The van der Waals surface area contributed by atoms with Crippen LogP contribution < -0.4 is 11.1 Å². The third kappa shape index (κ3) is 2.93. The van der Waals surface area contributed by atoms with E-state index in [1.165, 1.54) is 6.07 Å². The molecule has 110 valence electrons. The predicted molar refractivity (Wildman–Crippen MR) is 77.9 cm³/mol. The topological polar surface area (TPSA) is 58.4 Å². The van der Waals surface area contributed by atoms with Crippen LogP contribution in [0.3, 0.4) is 0 Å². The van der Waals surface area contributed by atoms with E-state index in [1.54, 1.807) is 18.2 Å². The zero-order valence-electron chi connectivity index (χ0n) is 12.0. The van der Waals surface area contributed by atoms with Crippen LogP contribution in [0.2, 0.25) is 0 Å². The van der Waals surface area contributed by atoms with Gasteiger partial charge in [-0.15, -0.1) is 0 Å². The van der Waals surface area contributed by atoms with E-state index in [4.69, 9.17) is 5.73 Å². The van der Waals surface area contributed by atoms with E-state index in [1.807, 2.05) is 0 Å². The van der Waals surface area contributed by atoms with E-state index >= 15 is 0 Å². The molecule has 0 radical (unpaired) electrons. The third-order valence-electron chi connectivity index (χ3n) is 4.10. The predicted octanol–water partition coefficient (Wildman–Crippen LogP) is 1.97. The van der Waals surface area contributed by atoms with E-state index in [9.17, 15) is 9.18 Å². The zero-order chi connectivity index (χ0) is 14.8. The second kappa shape index (κ2) is 5.79. The van der Waals surface area contributed by atoms with Crippen molar-refractivity contribution in [2.45, 2.75) is 38.3 Å². The first-order chi connectivity index (χ1) is 9.44. The van der Waals surface area contributed by atoms with Gasteiger partial charge in [-0.1, -0.05) is 12.1 Å². The maximum absolute atomic E-state index is 13.8. The van der Waals surface area contributed by atoms with Crippen LogP contribution in [0.1, 0.15) is 26.7 Å². The second-order valence-electron chi connectivity index (χ2n) is 5.68. The Bertz CT molecular complexity index is 482. The summed E-state index contributed by atoms with van der Waals surface area (Å²) in [7, 11) is 0. The number of hydrogen-bond acceptors (Lipinski definition) is 3. The fraction of sp³-hybridized carbons (Fsp3) is 0.533. The highest BCUT2D eigenvalue weighted by atomic mass is 19.1. The van der Waals surface area contributed by atoms with E-state index in [0.717, 1.165) is 13.1 Å². The number of nitrogens with one attached hydrogen (secondary N) is 1. The smallest absolute Gasteiger partial charge is 0.243 e. The lowest BCUT2D eigenvalue weighted by atomic mass is 9.86. The van der Waals surface area contributed by atoms with Crippen LogP contribution in [0.15, 0.2) is 24.3 Å².